The Kier molecular flexibility index (Phi) is 3.59. The zero-order chi connectivity index (χ0) is 16.6. The SMILES string of the molecule is CC1(CCc2nc(-c3cnn(Cc4ccccc4)c3N)no2)CC1. The lowest BCUT2D eigenvalue weighted by Crippen LogP contribution is -2.06. The molecule has 1 aromatic carbocycles. The maximum atomic E-state index is 6.22. The lowest BCUT2D eigenvalue weighted by atomic mass is 10.0. The molecule has 0 spiro atoms. The molecule has 0 aliphatic heterocycles. The number of hydrogen-bond acceptors (Lipinski definition) is 5. The van der Waals surface area contributed by atoms with E-state index in [4.69, 9.17) is 10.3 Å². The normalized spacial score (nSPS) is 15.5. The second-order valence-corrected chi connectivity index (χ2v) is 6.91. The van der Waals surface area contributed by atoms with Crippen LogP contribution in [0.25, 0.3) is 11.4 Å². The summed E-state index contributed by atoms with van der Waals surface area (Å²) < 4.78 is 7.13. The van der Waals surface area contributed by atoms with Crippen molar-refractivity contribution in [1.29, 1.82) is 0 Å². The molecule has 6 heteroatoms. The molecule has 2 heterocycles. The summed E-state index contributed by atoms with van der Waals surface area (Å²) >= 11 is 0. The molecule has 1 saturated carbocycles. The highest BCUT2D eigenvalue weighted by Crippen LogP contribution is 2.48. The van der Waals surface area contributed by atoms with Crippen molar-refractivity contribution in [3.8, 4) is 11.4 Å². The second kappa shape index (κ2) is 5.78. The molecule has 0 radical (unpaired) electrons. The third-order valence-electron chi connectivity index (χ3n) is 4.81. The van der Waals surface area contributed by atoms with Gasteiger partial charge in [-0.3, -0.25) is 0 Å². The van der Waals surface area contributed by atoms with Gasteiger partial charge in [0.05, 0.1) is 18.3 Å². The van der Waals surface area contributed by atoms with E-state index in [0.29, 0.717) is 29.5 Å². The van der Waals surface area contributed by atoms with Gasteiger partial charge in [0, 0.05) is 6.42 Å². The van der Waals surface area contributed by atoms with Crippen molar-refractivity contribution >= 4 is 5.82 Å². The molecule has 124 valence electrons. The van der Waals surface area contributed by atoms with Crippen molar-refractivity contribution in [2.45, 2.75) is 39.2 Å². The highest BCUT2D eigenvalue weighted by atomic mass is 16.5. The average Bonchev–Trinajstić information content (AvgIpc) is 2.99. The van der Waals surface area contributed by atoms with Gasteiger partial charge in [0.1, 0.15) is 5.82 Å². The van der Waals surface area contributed by atoms with Crippen molar-refractivity contribution in [3.63, 3.8) is 0 Å². The molecule has 0 unspecified atom stereocenters. The van der Waals surface area contributed by atoms with Crippen LogP contribution in [0.1, 0.15) is 37.6 Å². The van der Waals surface area contributed by atoms with Crippen LogP contribution in [0.2, 0.25) is 0 Å². The molecule has 1 fully saturated rings. The van der Waals surface area contributed by atoms with Crippen LogP contribution in [0, 0.1) is 5.41 Å². The van der Waals surface area contributed by atoms with Crippen LogP contribution in [-0.4, -0.2) is 19.9 Å². The van der Waals surface area contributed by atoms with Crippen molar-refractivity contribution < 1.29 is 4.52 Å². The molecular weight excluding hydrogens is 302 g/mol. The quantitative estimate of drug-likeness (QED) is 0.752. The number of aryl methyl sites for hydroxylation is 1. The highest BCUT2D eigenvalue weighted by Gasteiger charge is 2.36. The van der Waals surface area contributed by atoms with E-state index in [1.54, 1.807) is 10.9 Å². The number of benzene rings is 1. The van der Waals surface area contributed by atoms with E-state index in [1.165, 1.54) is 12.8 Å². The maximum Gasteiger partial charge on any atom is 0.226 e. The summed E-state index contributed by atoms with van der Waals surface area (Å²) in [5.74, 6) is 1.75. The van der Waals surface area contributed by atoms with Crippen molar-refractivity contribution in [2.24, 2.45) is 5.41 Å². The van der Waals surface area contributed by atoms with Crippen molar-refractivity contribution in [3.05, 3.63) is 48.0 Å². The molecule has 0 saturated heterocycles. The number of nitrogen functional groups attached to an aromatic ring is 1. The third-order valence-corrected chi connectivity index (χ3v) is 4.81. The summed E-state index contributed by atoms with van der Waals surface area (Å²) in [6.07, 6.45) is 6.22. The van der Waals surface area contributed by atoms with Gasteiger partial charge in [0.2, 0.25) is 11.7 Å². The molecule has 0 atom stereocenters. The van der Waals surface area contributed by atoms with Gasteiger partial charge in [0.25, 0.3) is 0 Å². The van der Waals surface area contributed by atoms with E-state index in [2.05, 4.69) is 22.2 Å². The first kappa shape index (κ1) is 14.9. The zero-order valence-corrected chi connectivity index (χ0v) is 13.8. The number of nitrogens with two attached hydrogens (primary N) is 1. The van der Waals surface area contributed by atoms with E-state index >= 15 is 0 Å². The Bertz CT molecular complexity index is 832. The highest BCUT2D eigenvalue weighted by molar-refractivity contribution is 5.67. The number of hydrogen-bond donors (Lipinski definition) is 1. The Hall–Kier alpha value is -2.63. The van der Waals surface area contributed by atoms with E-state index in [-0.39, 0.29) is 0 Å². The molecule has 2 aromatic heterocycles. The van der Waals surface area contributed by atoms with Crippen LogP contribution >= 0.6 is 0 Å². The van der Waals surface area contributed by atoms with Gasteiger partial charge in [-0.1, -0.05) is 42.4 Å². The van der Waals surface area contributed by atoms with Gasteiger partial charge in [-0.05, 0) is 30.2 Å². The predicted molar refractivity (Wildman–Crippen MR) is 91.1 cm³/mol. The number of anilines is 1. The zero-order valence-electron chi connectivity index (χ0n) is 13.8. The van der Waals surface area contributed by atoms with Gasteiger partial charge in [-0.25, -0.2) is 4.68 Å². The Morgan fingerprint density at radius 3 is 2.79 bits per heavy atom. The number of nitrogens with zero attached hydrogens (tertiary/aromatic N) is 4. The predicted octanol–water partition coefficient (Wildman–Crippen LogP) is 3.30. The van der Waals surface area contributed by atoms with Crippen LogP contribution in [0.15, 0.2) is 41.1 Å². The molecule has 6 nitrogen and oxygen atoms in total. The first-order chi connectivity index (χ1) is 11.6. The lowest BCUT2D eigenvalue weighted by molar-refractivity contribution is 0.362. The minimum atomic E-state index is 0.480. The van der Waals surface area contributed by atoms with Crippen LogP contribution in [0.5, 0.6) is 0 Å². The van der Waals surface area contributed by atoms with E-state index < -0.39 is 0 Å². The van der Waals surface area contributed by atoms with E-state index in [9.17, 15) is 0 Å². The number of aromatic nitrogens is 4. The molecule has 0 bridgehead atoms. The Labute approximate surface area is 140 Å². The number of rotatable bonds is 6. The first-order valence-electron chi connectivity index (χ1n) is 8.31. The van der Waals surface area contributed by atoms with Gasteiger partial charge >= 0.3 is 0 Å². The molecule has 1 aliphatic carbocycles. The summed E-state index contributed by atoms with van der Waals surface area (Å²) in [5, 5.41) is 8.43. The summed E-state index contributed by atoms with van der Waals surface area (Å²) in [5.41, 5.74) is 8.57. The van der Waals surface area contributed by atoms with Crippen molar-refractivity contribution in [2.75, 3.05) is 5.73 Å². The average molecular weight is 323 g/mol. The smallest absolute Gasteiger partial charge is 0.226 e. The molecule has 3 aromatic rings. The van der Waals surface area contributed by atoms with Gasteiger partial charge in [-0.15, -0.1) is 0 Å². The fourth-order valence-corrected chi connectivity index (χ4v) is 2.79. The summed E-state index contributed by atoms with van der Waals surface area (Å²) in [4.78, 5) is 4.48. The van der Waals surface area contributed by atoms with Crippen LogP contribution < -0.4 is 5.73 Å². The minimum absolute atomic E-state index is 0.480. The third kappa shape index (κ3) is 3.04. The monoisotopic (exact) mass is 323 g/mol. The van der Waals surface area contributed by atoms with Gasteiger partial charge < -0.3 is 10.3 Å². The summed E-state index contributed by atoms with van der Waals surface area (Å²) in [6, 6.07) is 10.1. The van der Waals surface area contributed by atoms with Gasteiger partial charge in [0.15, 0.2) is 0 Å². The summed E-state index contributed by atoms with van der Waals surface area (Å²) in [6.45, 7) is 2.92. The Morgan fingerprint density at radius 1 is 1.25 bits per heavy atom. The Morgan fingerprint density at radius 2 is 2.04 bits per heavy atom. The fraction of sp³-hybridized carbons (Fsp3) is 0.389. The minimum Gasteiger partial charge on any atom is -0.383 e. The molecule has 4 rings (SSSR count). The first-order valence-corrected chi connectivity index (χ1v) is 8.31. The van der Waals surface area contributed by atoms with Crippen LogP contribution in [0.3, 0.4) is 0 Å². The lowest BCUT2D eigenvalue weighted by Gasteiger charge is -2.04. The standard InChI is InChI=1S/C18H21N5O/c1-18(9-10-18)8-7-15-21-17(22-24-15)14-11-20-23(16(14)19)12-13-5-3-2-4-6-13/h2-6,11H,7-10,12,19H2,1H3. The van der Waals surface area contributed by atoms with Crippen LogP contribution in [0.4, 0.5) is 5.82 Å². The Balaban J connectivity index is 1.49. The summed E-state index contributed by atoms with van der Waals surface area (Å²) in [7, 11) is 0. The molecule has 24 heavy (non-hydrogen) atoms. The fourth-order valence-electron chi connectivity index (χ4n) is 2.79. The van der Waals surface area contributed by atoms with E-state index in [1.807, 2.05) is 30.3 Å². The van der Waals surface area contributed by atoms with Crippen molar-refractivity contribution in [1.82, 2.24) is 19.9 Å². The second-order valence-electron chi connectivity index (χ2n) is 6.91. The topological polar surface area (TPSA) is 82.8 Å². The maximum absolute atomic E-state index is 6.22. The largest absolute Gasteiger partial charge is 0.383 e. The van der Waals surface area contributed by atoms with Gasteiger partial charge in [-0.2, -0.15) is 10.1 Å². The molecule has 1 aliphatic rings. The van der Waals surface area contributed by atoms with E-state index in [0.717, 1.165) is 24.0 Å². The van der Waals surface area contributed by atoms with Crippen LogP contribution in [-0.2, 0) is 13.0 Å². The molecule has 2 N–H and O–H groups in total. The molecule has 0 amide bonds. The molecular formula is C18H21N5O.